The molecule has 2 aromatic rings. The van der Waals surface area contributed by atoms with E-state index in [1.54, 1.807) is 25.3 Å². The molecular weight excluding hydrogens is 268 g/mol. The Hall–Kier alpha value is -2.30. The highest BCUT2D eigenvalue weighted by molar-refractivity contribution is 5.76. The number of carbonyl (C=O) groups is 1. The van der Waals surface area contributed by atoms with E-state index >= 15 is 0 Å². The molecule has 0 aliphatic rings. The Kier molecular flexibility index (Phi) is 4.98. The fraction of sp³-hybridized carbons (Fsp3) is 0.375. The lowest BCUT2D eigenvalue weighted by molar-refractivity contribution is 0.112. The molecule has 0 fully saturated rings. The summed E-state index contributed by atoms with van der Waals surface area (Å²) >= 11 is 0. The third-order valence-electron chi connectivity index (χ3n) is 3.28. The Labute approximate surface area is 124 Å². The van der Waals surface area contributed by atoms with Crippen LogP contribution in [0.15, 0.2) is 24.3 Å². The minimum absolute atomic E-state index is 0.388. The number of hydrogen-bond acceptors (Lipinski definition) is 4. The van der Waals surface area contributed by atoms with Crippen molar-refractivity contribution in [1.29, 1.82) is 0 Å². The summed E-state index contributed by atoms with van der Waals surface area (Å²) < 4.78 is 13.0. The van der Waals surface area contributed by atoms with E-state index in [0.717, 1.165) is 30.6 Å². The predicted octanol–water partition coefficient (Wildman–Crippen LogP) is 2.87. The highest BCUT2D eigenvalue weighted by Crippen LogP contribution is 2.28. The largest absolute Gasteiger partial charge is 0.493 e. The quantitative estimate of drug-likeness (QED) is 0.735. The highest BCUT2D eigenvalue weighted by atomic mass is 16.5. The molecule has 5 nitrogen and oxygen atoms in total. The van der Waals surface area contributed by atoms with Crippen LogP contribution in [0.1, 0.15) is 35.6 Å². The third-order valence-corrected chi connectivity index (χ3v) is 3.28. The number of aldehydes is 1. The van der Waals surface area contributed by atoms with Gasteiger partial charge in [-0.05, 0) is 37.6 Å². The molecule has 1 aromatic carbocycles. The topological polar surface area (TPSA) is 53.4 Å². The number of benzene rings is 1. The van der Waals surface area contributed by atoms with E-state index < -0.39 is 0 Å². The highest BCUT2D eigenvalue weighted by Gasteiger charge is 2.10. The Bertz CT molecular complexity index is 620. The van der Waals surface area contributed by atoms with Crippen LogP contribution < -0.4 is 9.47 Å². The summed E-state index contributed by atoms with van der Waals surface area (Å²) in [5, 5.41) is 4.49. The zero-order valence-electron chi connectivity index (χ0n) is 12.6. The fourth-order valence-corrected chi connectivity index (χ4v) is 2.11. The van der Waals surface area contributed by atoms with Crippen LogP contribution in [0.25, 0.3) is 0 Å². The number of aryl methyl sites for hydroxylation is 2. The summed E-state index contributed by atoms with van der Waals surface area (Å²) in [4.78, 5) is 10.9. The molecule has 21 heavy (non-hydrogen) atoms. The van der Waals surface area contributed by atoms with Gasteiger partial charge in [0.1, 0.15) is 12.9 Å². The smallest absolute Gasteiger partial charge is 0.162 e. The molecule has 0 saturated heterocycles. The molecule has 0 radical (unpaired) electrons. The Morgan fingerprint density at radius 3 is 2.67 bits per heavy atom. The summed E-state index contributed by atoms with van der Waals surface area (Å²) in [6.07, 6.45) is 1.68. The minimum Gasteiger partial charge on any atom is -0.493 e. The van der Waals surface area contributed by atoms with Crippen molar-refractivity contribution in [1.82, 2.24) is 9.78 Å². The van der Waals surface area contributed by atoms with Gasteiger partial charge in [-0.1, -0.05) is 6.92 Å². The van der Waals surface area contributed by atoms with Crippen molar-refractivity contribution in [2.45, 2.75) is 33.4 Å². The van der Waals surface area contributed by atoms with Crippen LogP contribution in [0.4, 0.5) is 0 Å². The normalized spacial score (nSPS) is 10.4. The summed E-state index contributed by atoms with van der Waals surface area (Å²) in [5.74, 6) is 1.17. The van der Waals surface area contributed by atoms with Gasteiger partial charge in [-0.25, -0.2) is 0 Å². The van der Waals surface area contributed by atoms with E-state index in [4.69, 9.17) is 9.47 Å². The molecule has 0 unspecified atom stereocenters. The van der Waals surface area contributed by atoms with E-state index in [9.17, 15) is 4.79 Å². The summed E-state index contributed by atoms with van der Waals surface area (Å²) in [7, 11) is 1.58. The zero-order valence-corrected chi connectivity index (χ0v) is 12.6. The van der Waals surface area contributed by atoms with Gasteiger partial charge >= 0.3 is 0 Å². The number of ether oxygens (including phenoxy) is 2. The van der Waals surface area contributed by atoms with Gasteiger partial charge in [0.2, 0.25) is 0 Å². The molecule has 112 valence electrons. The molecule has 1 heterocycles. The van der Waals surface area contributed by atoms with Crippen LogP contribution in [0.3, 0.4) is 0 Å². The Morgan fingerprint density at radius 1 is 1.24 bits per heavy atom. The van der Waals surface area contributed by atoms with Crippen LogP contribution in [-0.2, 0) is 19.6 Å². The van der Waals surface area contributed by atoms with Gasteiger partial charge in [-0.3, -0.25) is 9.48 Å². The van der Waals surface area contributed by atoms with Crippen LogP contribution in [0.5, 0.6) is 11.5 Å². The van der Waals surface area contributed by atoms with Crippen molar-refractivity contribution in [2.24, 2.45) is 0 Å². The maximum atomic E-state index is 10.9. The first-order chi connectivity index (χ1) is 10.2. The van der Waals surface area contributed by atoms with Gasteiger partial charge in [0, 0.05) is 12.1 Å². The maximum Gasteiger partial charge on any atom is 0.162 e. The first-order valence-corrected chi connectivity index (χ1v) is 7.03. The van der Waals surface area contributed by atoms with Gasteiger partial charge in [0.25, 0.3) is 0 Å². The van der Waals surface area contributed by atoms with Crippen molar-refractivity contribution < 1.29 is 14.3 Å². The second-order valence-electron chi connectivity index (χ2n) is 4.61. The summed E-state index contributed by atoms with van der Waals surface area (Å²) in [6, 6.07) is 7.15. The number of aromatic nitrogens is 2. The Morgan fingerprint density at radius 2 is 2.05 bits per heavy atom. The average Bonchev–Trinajstić information content (AvgIpc) is 2.94. The minimum atomic E-state index is 0.388. The van der Waals surface area contributed by atoms with E-state index in [1.807, 2.05) is 17.7 Å². The number of carbonyl (C=O) groups excluding carboxylic acids is 1. The van der Waals surface area contributed by atoms with E-state index in [2.05, 4.69) is 12.0 Å². The Balaban J connectivity index is 2.19. The third kappa shape index (κ3) is 3.42. The number of hydrogen-bond donors (Lipinski definition) is 0. The second-order valence-corrected chi connectivity index (χ2v) is 4.61. The number of rotatable bonds is 7. The number of methoxy groups -OCH3 is 1. The van der Waals surface area contributed by atoms with E-state index in [0.29, 0.717) is 23.7 Å². The van der Waals surface area contributed by atoms with Crippen molar-refractivity contribution in [3.05, 3.63) is 41.2 Å². The zero-order chi connectivity index (χ0) is 15.2. The molecule has 5 heteroatoms. The predicted molar refractivity (Wildman–Crippen MR) is 80.0 cm³/mol. The van der Waals surface area contributed by atoms with Crippen molar-refractivity contribution in [2.75, 3.05) is 7.11 Å². The fourth-order valence-electron chi connectivity index (χ4n) is 2.11. The van der Waals surface area contributed by atoms with Crippen LogP contribution >= 0.6 is 0 Å². The molecule has 0 amide bonds. The molecule has 2 rings (SSSR count). The van der Waals surface area contributed by atoms with Gasteiger partial charge in [0.05, 0.1) is 18.5 Å². The first-order valence-electron chi connectivity index (χ1n) is 7.03. The number of nitrogens with zero attached hydrogens (tertiary/aromatic N) is 2. The monoisotopic (exact) mass is 288 g/mol. The summed E-state index contributed by atoms with van der Waals surface area (Å²) in [6.45, 7) is 5.30. The molecule has 0 aliphatic carbocycles. The molecule has 0 bridgehead atoms. The van der Waals surface area contributed by atoms with E-state index in [-0.39, 0.29) is 0 Å². The molecule has 0 atom stereocenters. The van der Waals surface area contributed by atoms with Crippen LogP contribution in [-0.4, -0.2) is 23.2 Å². The lowest BCUT2D eigenvalue weighted by atomic mass is 10.2. The molecule has 1 aromatic heterocycles. The van der Waals surface area contributed by atoms with Crippen molar-refractivity contribution in [3.63, 3.8) is 0 Å². The van der Waals surface area contributed by atoms with Crippen molar-refractivity contribution >= 4 is 6.29 Å². The van der Waals surface area contributed by atoms with E-state index in [1.165, 1.54) is 0 Å². The van der Waals surface area contributed by atoms with Gasteiger partial charge in [-0.2, -0.15) is 5.10 Å². The second kappa shape index (κ2) is 6.92. The lowest BCUT2D eigenvalue weighted by Crippen LogP contribution is -2.06. The van der Waals surface area contributed by atoms with Crippen LogP contribution in [0, 0.1) is 0 Å². The first kappa shape index (κ1) is 15.1. The van der Waals surface area contributed by atoms with Crippen molar-refractivity contribution in [3.8, 4) is 11.5 Å². The standard InChI is InChI=1S/C16H20N2O3/c1-4-13-9-14(18(5-2)17-13)11-21-16-8-12(10-19)6-7-15(16)20-3/h6-10H,4-5,11H2,1-3H3. The SMILES string of the molecule is CCc1cc(COc2cc(C=O)ccc2OC)n(CC)n1. The molecule has 0 spiro atoms. The summed E-state index contributed by atoms with van der Waals surface area (Å²) in [5.41, 5.74) is 2.61. The lowest BCUT2D eigenvalue weighted by Gasteiger charge is -2.11. The molecule has 0 aliphatic heterocycles. The van der Waals surface area contributed by atoms with Gasteiger partial charge in [0.15, 0.2) is 11.5 Å². The van der Waals surface area contributed by atoms with Crippen LogP contribution in [0.2, 0.25) is 0 Å². The molecular formula is C16H20N2O3. The molecule has 0 N–H and O–H groups in total. The average molecular weight is 288 g/mol. The molecule has 0 saturated carbocycles. The van der Waals surface area contributed by atoms with Gasteiger partial charge in [-0.15, -0.1) is 0 Å². The maximum absolute atomic E-state index is 10.9. The van der Waals surface area contributed by atoms with Gasteiger partial charge < -0.3 is 9.47 Å².